The molecule has 144 heavy (non-hydrogen) atoms. The number of aliphatic carboxylic acids is 2. The van der Waals surface area contributed by atoms with E-state index in [-0.39, 0.29) is 74.9 Å². The van der Waals surface area contributed by atoms with E-state index in [2.05, 4.69) is 118 Å². The lowest BCUT2D eigenvalue weighted by Crippen LogP contribution is -2.19. The Hall–Kier alpha value is -14.1. The molecule has 0 saturated carbocycles. The molecule has 0 heterocycles. The van der Waals surface area contributed by atoms with Crippen LogP contribution in [-0.4, -0.2) is 71.9 Å². The van der Waals surface area contributed by atoms with Gasteiger partial charge in [0.1, 0.15) is 63.2 Å². The van der Waals surface area contributed by atoms with E-state index in [1.165, 1.54) is 22.3 Å². The highest BCUT2D eigenvalue weighted by Crippen LogP contribution is 2.43. The van der Waals surface area contributed by atoms with Gasteiger partial charge in [-0.25, -0.2) is 9.59 Å². The fourth-order valence-electron chi connectivity index (χ4n) is 15.4. The van der Waals surface area contributed by atoms with Crippen molar-refractivity contribution in [3.05, 3.63) is 414 Å². The number of carbonyl (C=O) groups is 6. The van der Waals surface area contributed by atoms with E-state index in [1.807, 2.05) is 188 Å². The van der Waals surface area contributed by atoms with E-state index in [9.17, 15) is 44.1 Å². The van der Waals surface area contributed by atoms with Crippen molar-refractivity contribution in [2.24, 2.45) is 0 Å². The van der Waals surface area contributed by atoms with Gasteiger partial charge in [0.2, 0.25) is 0 Å². The van der Waals surface area contributed by atoms with Gasteiger partial charge in [0.05, 0.1) is 0 Å². The number of carbonyl (C=O) groups excluding carboxylic acids is 4. The molecule has 0 amide bonds. The largest absolute Gasteiger partial charge is 0.519 e. The van der Waals surface area contributed by atoms with E-state index in [0.717, 1.165) is 130 Å². The van der Waals surface area contributed by atoms with Crippen LogP contribution in [0.4, 0.5) is 9.59 Å². The zero-order chi connectivity index (χ0) is 104. The first-order valence-corrected chi connectivity index (χ1v) is 52.4. The number of unbranched alkanes of at least 4 members (excludes halogenated alkanes) is 10. The van der Waals surface area contributed by atoms with E-state index < -0.39 is 24.2 Å². The summed E-state index contributed by atoms with van der Waals surface area (Å²) < 4.78 is 33.1. The highest BCUT2D eigenvalue weighted by Gasteiger charge is 2.29. The summed E-state index contributed by atoms with van der Waals surface area (Å²) in [5.74, 6) is 1.93. The van der Waals surface area contributed by atoms with E-state index >= 15 is 0 Å². The quantitative estimate of drug-likeness (QED) is 0.00617. The minimum absolute atomic E-state index is 0.0328. The number of hydrogen-bond acceptors (Lipinski definition) is 21. The smallest absolute Gasteiger partial charge is 0.508 e. The summed E-state index contributed by atoms with van der Waals surface area (Å²) in [6.07, 6.45) is 10.0. The molecule has 14 aromatic rings. The van der Waals surface area contributed by atoms with Crippen LogP contribution in [-0.2, 0) is 46.3 Å². The molecule has 0 saturated heterocycles. The molecule has 0 atom stereocenters. The fourth-order valence-corrected chi connectivity index (χ4v) is 19.3. The number of carboxylic acids is 2. The number of phenols is 5. The third-order valence-electron chi connectivity index (χ3n) is 24.7. The number of phenolic OH excluding ortho intramolecular Hbond substituents is 5. The van der Waals surface area contributed by atoms with Crippen molar-refractivity contribution in [1.29, 1.82) is 0 Å². The highest BCUT2D eigenvalue weighted by molar-refractivity contribution is 8.77. The average molecular weight is 2010 g/mol. The molecule has 0 aliphatic carbocycles. The molecule has 14 aromatic carbocycles. The second-order valence-electron chi connectivity index (χ2n) is 37.1. The predicted octanol–water partition coefficient (Wildman–Crippen LogP) is 31.6. The van der Waals surface area contributed by atoms with Crippen LogP contribution in [0.1, 0.15) is 228 Å². The summed E-state index contributed by atoms with van der Waals surface area (Å²) in [5, 5.41) is 62.8. The molecular formula is C121H128O19S4. The van der Waals surface area contributed by atoms with Gasteiger partial charge in [-0.05, 0) is 263 Å². The number of rotatable bonds is 40. The maximum atomic E-state index is 12.7. The Bertz CT molecular complexity index is 6160. The minimum atomic E-state index is -0.818. The number of ether oxygens (including phenoxy) is 6. The number of esters is 2. The van der Waals surface area contributed by atoms with Gasteiger partial charge in [0.15, 0.2) is 0 Å². The summed E-state index contributed by atoms with van der Waals surface area (Å²) in [5.41, 5.74) is 10.4. The SMILES string of the molecule is CC(C)(c1ccc(O)cc1)c1ccc(O)cc1.CC(C)(c1ccccc1)c1ccc(O)cc1.CC(C)(c1ccccc1)c1ccc(OC(=O)Oc2ccc(SSc3ccc(OC(=O)CCCCCCCCC(=O)Oc4ccc(C(C)(C)c5ccc(OC(=O)Oc6ccc(C(C)(C)c7ccccc7)cc6)cc5)cc4)cc3)cc2)cc1.O=C(O)CCCCCCCCC(=O)O.Oc1ccc(SSc2ccc(O)cc2)cc1. The van der Waals surface area contributed by atoms with Gasteiger partial charge in [-0.2, -0.15) is 0 Å². The molecule has 23 heteroatoms. The average Bonchev–Trinajstić information content (AvgIpc) is 0.807. The molecule has 0 aliphatic heterocycles. The van der Waals surface area contributed by atoms with Crippen LogP contribution in [0.2, 0.25) is 0 Å². The van der Waals surface area contributed by atoms with Gasteiger partial charge < -0.3 is 64.2 Å². The van der Waals surface area contributed by atoms with Crippen molar-refractivity contribution in [3.8, 4) is 63.2 Å². The van der Waals surface area contributed by atoms with Crippen LogP contribution < -0.4 is 28.4 Å². The first-order chi connectivity index (χ1) is 69.0. The van der Waals surface area contributed by atoms with Crippen molar-refractivity contribution in [3.63, 3.8) is 0 Å². The van der Waals surface area contributed by atoms with Crippen molar-refractivity contribution in [2.75, 3.05) is 0 Å². The van der Waals surface area contributed by atoms with Crippen LogP contribution >= 0.6 is 43.2 Å². The van der Waals surface area contributed by atoms with Gasteiger partial charge >= 0.3 is 36.2 Å². The Morgan fingerprint density at radius 2 is 0.347 bits per heavy atom. The molecule has 750 valence electrons. The zero-order valence-corrected chi connectivity index (χ0v) is 86.3. The van der Waals surface area contributed by atoms with E-state index in [0.29, 0.717) is 53.1 Å². The second-order valence-corrected chi connectivity index (χ2v) is 41.7. The van der Waals surface area contributed by atoms with Gasteiger partial charge in [-0.15, -0.1) is 0 Å². The monoisotopic (exact) mass is 2010 g/mol. The molecule has 0 aliphatic rings. The highest BCUT2D eigenvalue weighted by atomic mass is 33.1. The number of benzene rings is 14. The fraction of sp³-hybridized carbons (Fsp3) is 0.256. The second kappa shape index (κ2) is 56.1. The lowest BCUT2D eigenvalue weighted by atomic mass is 9.78. The van der Waals surface area contributed by atoms with Crippen molar-refractivity contribution < 1.29 is 92.9 Å². The van der Waals surface area contributed by atoms with Crippen LogP contribution in [0.25, 0.3) is 0 Å². The summed E-state index contributed by atoms with van der Waals surface area (Å²) in [6, 6.07) is 111. The van der Waals surface area contributed by atoms with E-state index in [1.54, 1.807) is 165 Å². The Balaban J connectivity index is 0.000000265. The molecule has 0 radical (unpaired) electrons. The lowest BCUT2D eigenvalue weighted by molar-refractivity contribution is -0.138. The molecule has 7 N–H and O–H groups in total. The first-order valence-electron chi connectivity index (χ1n) is 48.1. The van der Waals surface area contributed by atoms with Crippen LogP contribution in [0, 0.1) is 0 Å². The molecule has 0 unspecified atom stereocenters. The number of carboxylic acid groups (broad SMARTS) is 2. The van der Waals surface area contributed by atoms with Gasteiger partial charge in [0.25, 0.3) is 0 Å². The summed E-state index contributed by atoms with van der Waals surface area (Å²) in [4.78, 5) is 74.9. The molecule has 0 spiro atoms. The Morgan fingerprint density at radius 1 is 0.194 bits per heavy atom. The minimum Gasteiger partial charge on any atom is -0.508 e. The predicted molar refractivity (Wildman–Crippen MR) is 576 cm³/mol. The van der Waals surface area contributed by atoms with Crippen LogP contribution in [0.3, 0.4) is 0 Å². The van der Waals surface area contributed by atoms with E-state index in [4.69, 9.17) is 48.8 Å². The normalized spacial score (nSPS) is 11.2. The maximum absolute atomic E-state index is 12.7. The zero-order valence-electron chi connectivity index (χ0n) is 83.0. The topological polar surface area (TPSA) is 299 Å². The number of aromatic hydroxyl groups is 5. The Kier molecular flexibility index (Phi) is 43.6. The summed E-state index contributed by atoms with van der Waals surface area (Å²) in [7, 11) is 6.33. The number of hydrogen-bond donors (Lipinski definition) is 7. The molecule has 0 fully saturated rings. The van der Waals surface area contributed by atoms with Crippen molar-refractivity contribution >= 4 is 79.4 Å². The third-order valence-corrected chi connectivity index (χ3v) is 29.5. The standard InChI is InChI=1S/C69H68O10S2.C15H16O2.C15H16O.C12H10O2S2.C10H18O4/c1-67(2,49-19-13-11-14-20-49)51-27-35-57(36-28-51)76-65(72)77-59-39-31-54(32-40-59)69(5,6)53-25-33-55(34-26-53)74-63(70)23-17-9-7-8-10-18-24-64(71)75-56-41-45-61(46-42-56)80-81-62-47-43-60(44-48-62)79-66(73)78-58-37-29-52(30-38-58)68(3,4)50-21-15-12-16-22-50;1-15(2,11-3-7-13(16)8-4-11)12-5-9-14(17)10-6-12;1-15(2,12-6-4-3-5-7-12)13-8-10-14(16)11-9-13;13-9-1-5-11(6-2-9)15-16-12-7-3-10(14)4-8-12;11-9(12)7-5-3-1-2-4-6-8-10(13)14/h11-16,19-22,25-48H,7-10,17-18,23-24H2,1-6H3;3-10,16-17H,1-2H3;3-11,16H,1-2H3;1-8,13-14H;1-8H2,(H,11,12)(H,13,14). The third kappa shape index (κ3) is 37.0. The van der Waals surface area contributed by atoms with Crippen LogP contribution in [0.15, 0.2) is 377 Å². The lowest BCUT2D eigenvalue weighted by Gasteiger charge is -2.26. The maximum Gasteiger partial charge on any atom is 0.519 e. The summed E-state index contributed by atoms with van der Waals surface area (Å²) in [6.45, 7) is 21.5. The molecule has 0 bridgehead atoms. The molecule has 0 aromatic heterocycles. The van der Waals surface area contributed by atoms with Gasteiger partial charge in [-0.1, -0.05) is 340 Å². The molecular weight excluding hydrogens is 1890 g/mol. The van der Waals surface area contributed by atoms with Gasteiger partial charge in [0, 0.05) is 72.3 Å². The van der Waals surface area contributed by atoms with Gasteiger partial charge in [-0.3, -0.25) is 19.2 Å². The van der Waals surface area contributed by atoms with Crippen molar-refractivity contribution in [1.82, 2.24) is 0 Å². The molecule has 14 rings (SSSR count). The summed E-state index contributed by atoms with van der Waals surface area (Å²) >= 11 is 0. The Labute approximate surface area is 861 Å². The molecule has 19 nitrogen and oxygen atoms in total. The Morgan fingerprint density at radius 3 is 0.549 bits per heavy atom. The van der Waals surface area contributed by atoms with Crippen molar-refractivity contribution in [2.45, 2.75) is 219 Å². The first kappa shape index (κ1) is 112. The van der Waals surface area contributed by atoms with Crippen LogP contribution in [0.5, 0.6) is 63.2 Å².